The Kier molecular flexibility index (Phi) is 2.69. The number of hydrogen-bond donors (Lipinski definition) is 2. The average molecular weight is 235 g/mol. The maximum atomic E-state index is 11.5. The van der Waals surface area contributed by atoms with Crippen LogP contribution in [0.3, 0.4) is 0 Å². The molecule has 17 heavy (non-hydrogen) atoms. The molecule has 8 heteroatoms. The molecule has 2 aromatic heterocycles. The number of carbonyl (C=O) groups is 2. The van der Waals surface area contributed by atoms with Gasteiger partial charge in [0.25, 0.3) is 11.7 Å². The molecule has 8 nitrogen and oxygen atoms in total. The van der Waals surface area contributed by atoms with Gasteiger partial charge in [-0.3, -0.25) is 9.59 Å². The molecule has 0 bridgehead atoms. The number of carboxylic acids is 1. The van der Waals surface area contributed by atoms with Crippen molar-refractivity contribution in [2.24, 2.45) is 0 Å². The summed E-state index contributed by atoms with van der Waals surface area (Å²) >= 11 is 0. The Morgan fingerprint density at radius 1 is 1.53 bits per heavy atom. The number of amides is 1. The Labute approximate surface area is 95.3 Å². The van der Waals surface area contributed by atoms with E-state index in [2.05, 4.69) is 20.4 Å². The summed E-state index contributed by atoms with van der Waals surface area (Å²) in [6, 6.07) is 1.72. The number of aromatic nitrogens is 4. The van der Waals surface area contributed by atoms with Crippen LogP contribution in [0.5, 0.6) is 0 Å². The highest BCUT2D eigenvalue weighted by Gasteiger charge is 2.14. The first-order valence-electron chi connectivity index (χ1n) is 4.76. The largest absolute Gasteiger partial charge is 0.480 e. The van der Waals surface area contributed by atoms with E-state index in [0.717, 1.165) is 5.69 Å². The van der Waals surface area contributed by atoms with E-state index in [9.17, 15) is 9.59 Å². The van der Waals surface area contributed by atoms with Crippen LogP contribution in [0.4, 0.5) is 0 Å². The molecule has 0 atom stereocenters. The van der Waals surface area contributed by atoms with Gasteiger partial charge < -0.3 is 10.4 Å². The van der Waals surface area contributed by atoms with Crippen LogP contribution in [0.25, 0.3) is 5.78 Å². The molecule has 0 fully saturated rings. The number of aliphatic carboxylic acids is 1. The lowest BCUT2D eigenvalue weighted by molar-refractivity contribution is -0.135. The SMILES string of the molecule is Cc1ccnc2nc(C(=O)NCC(=O)O)nn12. The lowest BCUT2D eigenvalue weighted by Crippen LogP contribution is -2.30. The minimum absolute atomic E-state index is 0.104. The molecular formula is C9H9N5O3. The standard InChI is InChI=1S/C9H9N5O3/c1-5-2-3-10-9-12-7(13-14(5)9)8(17)11-4-6(15)16/h2-3H,4H2,1H3,(H,11,17)(H,15,16). The summed E-state index contributed by atoms with van der Waals surface area (Å²) in [6.07, 6.45) is 1.55. The van der Waals surface area contributed by atoms with Crippen LogP contribution in [-0.4, -0.2) is 43.1 Å². The van der Waals surface area contributed by atoms with Gasteiger partial charge >= 0.3 is 5.97 Å². The van der Waals surface area contributed by atoms with Crippen molar-refractivity contribution in [1.82, 2.24) is 24.9 Å². The number of rotatable bonds is 3. The predicted octanol–water partition coefficient (Wildman–Crippen LogP) is -0.753. The molecule has 0 aliphatic heterocycles. The minimum atomic E-state index is -1.13. The Hall–Kier alpha value is -2.51. The second-order valence-electron chi connectivity index (χ2n) is 3.31. The van der Waals surface area contributed by atoms with E-state index in [1.54, 1.807) is 19.2 Å². The molecule has 0 unspecified atom stereocenters. The number of carboxylic acid groups (broad SMARTS) is 1. The number of fused-ring (bicyclic) bond motifs is 1. The van der Waals surface area contributed by atoms with Crippen molar-refractivity contribution in [3.05, 3.63) is 23.8 Å². The van der Waals surface area contributed by atoms with Gasteiger partial charge in [-0.1, -0.05) is 0 Å². The van der Waals surface area contributed by atoms with Crippen molar-refractivity contribution >= 4 is 17.7 Å². The van der Waals surface area contributed by atoms with Gasteiger partial charge in [-0.2, -0.15) is 4.98 Å². The van der Waals surface area contributed by atoms with Crippen molar-refractivity contribution < 1.29 is 14.7 Å². The topological polar surface area (TPSA) is 109 Å². The van der Waals surface area contributed by atoms with Gasteiger partial charge in [-0.15, -0.1) is 5.10 Å². The molecule has 0 aromatic carbocycles. The lowest BCUT2D eigenvalue weighted by atomic mass is 10.5. The minimum Gasteiger partial charge on any atom is -0.480 e. The van der Waals surface area contributed by atoms with Crippen LogP contribution in [0.1, 0.15) is 16.3 Å². The molecule has 2 rings (SSSR count). The van der Waals surface area contributed by atoms with Crippen LogP contribution in [0.2, 0.25) is 0 Å². The van der Waals surface area contributed by atoms with Crippen molar-refractivity contribution in [3.8, 4) is 0 Å². The van der Waals surface area contributed by atoms with Crippen LogP contribution in [0.15, 0.2) is 12.3 Å². The third-order valence-corrected chi connectivity index (χ3v) is 2.03. The van der Waals surface area contributed by atoms with E-state index < -0.39 is 18.4 Å². The Morgan fingerprint density at radius 2 is 2.29 bits per heavy atom. The summed E-state index contributed by atoms with van der Waals surface area (Å²) < 4.78 is 1.41. The monoisotopic (exact) mass is 235 g/mol. The van der Waals surface area contributed by atoms with Crippen LogP contribution < -0.4 is 5.32 Å². The first-order valence-corrected chi connectivity index (χ1v) is 4.76. The predicted molar refractivity (Wildman–Crippen MR) is 55.5 cm³/mol. The molecule has 2 aromatic rings. The number of carbonyl (C=O) groups excluding carboxylic acids is 1. The number of nitrogens with one attached hydrogen (secondary N) is 1. The fraction of sp³-hybridized carbons (Fsp3) is 0.222. The lowest BCUT2D eigenvalue weighted by Gasteiger charge is -1.96. The molecule has 0 spiro atoms. The average Bonchev–Trinajstić information content (AvgIpc) is 2.71. The maximum absolute atomic E-state index is 11.5. The molecule has 0 radical (unpaired) electrons. The van der Waals surface area contributed by atoms with Gasteiger partial charge in [0.1, 0.15) is 6.54 Å². The van der Waals surface area contributed by atoms with E-state index in [0.29, 0.717) is 5.78 Å². The highest BCUT2D eigenvalue weighted by Crippen LogP contribution is 2.01. The first kappa shape index (κ1) is 11.0. The molecule has 0 saturated carbocycles. The third kappa shape index (κ3) is 2.19. The number of hydrogen-bond acceptors (Lipinski definition) is 5. The van der Waals surface area contributed by atoms with E-state index >= 15 is 0 Å². The fourth-order valence-electron chi connectivity index (χ4n) is 1.24. The van der Waals surface area contributed by atoms with E-state index in [4.69, 9.17) is 5.11 Å². The van der Waals surface area contributed by atoms with Gasteiger partial charge in [0.2, 0.25) is 5.82 Å². The third-order valence-electron chi connectivity index (χ3n) is 2.03. The summed E-state index contributed by atoms with van der Waals surface area (Å²) in [5, 5.41) is 14.5. The molecule has 2 N–H and O–H groups in total. The molecule has 2 heterocycles. The smallest absolute Gasteiger partial charge is 0.322 e. The summed E-state index contributed by atoms with van der Waals surface area (Å²) in [6.45, 7) is 1.32. The molecular weight excluding hydrogens is 226 g/mol. The van der Waals surface area contributed by atoms with Crippen LogP contribution in [0, 0.1) is 6.92 Å². The Bertz CT molecular complexity index is 591. The van der Waals surface area contributed by atoms with Crippen molar-refractivity contribution in [1.29, 1.82) is 0 Å². The zero-order chi connectivity index (χ0) is 12.4. The number of nitrogens with zero attached hydrogens (tertiary/aromatic N) is 4. The molecule has 0 saturated heterocycles. The van der Waals surface area contributed by atoms with E-state index in [1.165, 1.54) is 4.52 Å². The molecule has 0 aliphatic carbocycles. The summed E-state index contributed by atoms with van der Waals surface area (Å²) in [5.41, 5.74) is 0.778. The van der Waals surface area contributed by atoms with Gasteiger partial charge in [0.15, 0.2) is 0 Å². The number of aryl methyl sites for hydroxylation is 1. The second kappa shape index (κ2) is 4.16. The van der Waals surface area contributed by atoms with E-state index in [-0.39, 0.29) is 5.82 Å². The molecule has 88 valence electrons. The van der Waals surface area contributed by atoms with Gasteiger partial charge in [0, 0.05) is 11.9 Å². The van der Waals surface area contributed by atoms with Crippen molar-refractivity contribution in [2.45, 2.75) is 6.92 Å². The summed E-state index contributed by atoms with van der Waals surface area (Å²) in [4.78, 5) is 29.6. The highest BCUT2D eigenvalue weighted by atomic mass is 16.4. The second-order valence-corrected chi connectivity index (χ2v) is 3.31. The molecule has 0 aliphatic rings. The molecule has 1 amide bonds. The van der Waals surface area contributed by atoms with Gasteiger partial charge in [-0.25, -0.2) is 9.50 Å². The maximum Gasteiger partial charge on any atom is 0.322 e. The summed E-state index contributed by atoms with van der Waals surface area (Å²) in [7, 11) is 0. The Morgan fingerprint density at radius 3 is 2.94 bits per heavy atom. The zero-order valence-electron chi connectivity index (χ0n) is 8.91. The Balaban J connectivity index is 2.27. The summed E-state index contributed by atoms with van der Waals surface area (Å²) in [5.74, 6) is -1.58. The zero-order valence-corrected chi connectivity index (χ0v) is 8.91. The first-order chi connectivity index (χ1) is 8.08. The highest BCUT2D eigenvalue weighted by molar-refractivity contribution is 5.92. The van der Waals surface area contributed by atoms with Gasteiger partial charge in [0.05, 0.1) is 0 Å². The van der Waals surface area contributed by atoms with Gasteiger partial charge in [-0.05, 0) is 13.0 Å². The normalized spacial score (nSPS) is 10.4. The van der Waals surface area contributed by atoms with Crippen molar-refractivity contribution in [2.75, 3.05) is 6.54 Å². The van der Waals surface area contributed by atoms with Crippen molar-refractivity contribution in [3.63, 3.8) is 0 Å². The van der Waals surface area contributed by atoms with E-state index in [1.807, 2.05) is 0 Å². The quantitative estimate of drug-likeness (QED) is 0.724. The van der Waals surface area contributed by atoms with Crippen LogP contribution >= 0.6 is 0 Å². The fourth-order valence-corrected chi connectivity index (χ4v) is 1.24. The van der Waals surface area contributed by atoms with Crippen LogP contribution in [-0.2, 0) is 4.79 Å².